The number of ketones is 4. The second-order valence-corrected chi connectivity index (χ2v) is 4.07. The van der Waals surface area contributed by atoms with E-state index >= 15 is 0 Å². The Bertz CT molecular complexity index is 344. The Kier molecular flexibility index (Phi) is 5.96. The van der Waals surface area contributed by atoms with Crippen molar-refractivity contribution < 1.29 is 34.5 Å². The van der Waals surface area contributed by atoms with Gasteiger partial charge in [0.25, 0.3) is 0 Å². The van der Waals surface area contributed by atoms with Gasteiger partial charge in [0, 0.05) is 0 Å². The lowest BCUT2D eigenvalue weighted by Gasteiger charge is -2.28. The number of aliphatic hydroxyl groups is 3. The lowest BCUT2D eigenvalue weighted by Crippen LogP contribution is -2.58. The van der Waals surface area contributed by atoms with Crippen molar-refractivity contribution in [1.29, 1.82) is 0 Å². The van der Waals surface area contributed by atoms with E-state index in [2.05, 4.69) is 0 Å². The average molecular weight is 260 g/mol. The van der Waals surface area contributed by atoms with Crippen LogP contribution in [0.25, 0.3) is 0 Å². The molecule has 0 fully saturated rings. The smallest absolute Gasteiger partial charge is 0.210 e. The van der Waals surface area contributed by atoms with E-state index < -0.39 is 54.3 Å². The summed E-state index contributed by atoms with van der Waals surface area (Å²) in [5.41, 5.74) is -2.92. The van der Waals surface area contributed by atoms with Gasteiger partial charge >= 0.3 is 0 Å². The Morgan fingerprint density at radius 1 is 1.00 bits per heavy atom. The molecule has 7 heteroatoms. The normalized spacial score (nSPS) is 12.9. The molecule has 18 heavy (non-hydrogen) atoms. The highest BCUT2D eigenvalue weighted by atomic mass is 16.4. The molecule has 102 valence electrons. The second-order valence-electron chi connectivity index (χ2n) is 4.07. The zero-order chi connectivity index (χ0) is 14.5. The molecule has 0 amide bonds. The third kappa shape index (κ3) is 3.80. The summed E-state index contributed by atoms with van der Waals surface area (Å²) in [6.07, 6.45) is -3.61. The van der Waals surface area contributed by atoms with Gasteiger partial charge < -0.3 is 15.3 Å². The van der Waals surface area contributed by atoms with Gasteiger partial charge in [0.05, 0.1) is 19.4 Å². The van der Waals surface area contributed by atoms with E-state index in [1.54, 1.807) is 0 Å². The van der Waals surface area contributed by atoms with Gasteiger partial charge in [-0.3, -0.25) is 19.2 Å². The first-order valence-electron chi connectivity index (χ1n) is 5.23. The molecule has 3 N–H and O–H groups in total. The molecule has 0 heterocycles. The molecule has 0 radical (unpaired) electrons. The summed E-state index contributed by atoms with van der Waals surface area (Å²) < 4.78 is 0. The van der Waals surface area contributed by atoms with Crippen LogP contribution in [0.2, 0.25) is 0 Å². The summed E-state index contributed by atoms with van der Waals surface area (Å²) in [5, 5.41) is 28.0. The summed E-state index contributed by atoms with van der Waals surface area (Å²) in [6.45, 7) is 1.09. The van der Waals surface area contributed by atoms with Crippen LogP contribution < -0.4 is 0 Å². The summed E-state index contributed by atoms with van der Waals surface area (Å²) in [7, 11) is 0. The van der Waals surface area contributed by atoms with Gasteiger partial charge in [-0.2, -0.15) is 0 Å². The SMILES string of the molecule is CC(=O)CC(=O)C(O)(C(=O)CC(C)=O)C(O)CO. The van der Waals surface area contributed by atoms with Crippen molar-refractivity contribution in [2.75, 3.05) is 6.61 Å². The van der Waals surface area contributed by atoms with Crippen LogP contribution in [-0.2, 0) is 19.2 Å². The van der Waals surface area contributed by atoms with Gasteiger partial charge in [0.15, 0.2) is 11.6 Å². The van der Waals surface area contributed by atoms with Crippen molar-refractivity contribution >= 4 is 23.1 Å². The highest BCUT2D eigenvalue weighted by molar-refractivity contribution is 6.19. The molecule has 7 nitrogen and oxygen atoms in total. The molecule has 0 spiro atoms. The Morgan fingerprint density at radius 2 is 1.33 bits per heavy atom. The van der Waals surface area contributed by atoms with E-state index in [1.807, 2.05) is 0 Å². The number of Topliss-reactive ketones (excluding diaryl/α,β-unsaturated/α-hetero) is 4. The molecule has 0 saturated carbocycles. The second kappa shape index (κ2) is 6.48. The summed E-state index contributed by atoms with van der Waals surface area (Å²) in [5.74, 6) is -3.69. The third-order valence-electron chi connectivity index (χ3n) is 2.32. The van der Waals surface area contributed by atoms with Crippen LogP contribution >= 0.6 is 0 Å². The van der Waals surface area contributed by atoms with Crippen LogP contribution in [0.1, 0.15) is 26.7 Å². The molecule has 0 aliphatic heterocycles. The predicted molar refractivity (Wildman–Crippen MR) is 58.7 cm³/mol. The molecule has 0 aromatic heterocycles. The molecule has 1 unspecified atom stereocenters. The average Bonchev–Trinajstić information content (AvgIpc) is 2.24. The maximum absolute atomic E-state index is 11.6. The molecule has 0 aromatic carbocycles. The Morgan fingerprint density at radius 3 is 1.56 bits per heavy atom. The molecule has 1 atom stereocenters. The minimum atomic E-state index is -2.92. The van der Waals surface area contributed by atoms with Crippen LogP contribution in [-0.4, -0.2) is 56.8 Å². The van der Waals surface area contributed by atoms with Crippen molar-refractivity contribution in [1.82, 2.24) is 0 Å². The van der Waals surface area contributed by atoms with Gasteiger partial charge in [0.1, 0.15) is 17.7 Å². The molecule has 0 saturated heterocycles. The maximum atomic E-state index is 11.6. The fourth-order valence-corrected chi connectivity index (χ4v) is 1.38. The molecule has 0 bridgehead atoms. The molecule has 0 rings (SSSR count). The number of hydrogen-bond acceptors (Lipinski definition) is 7. The molecule has 0 aliphatic carbocycles. The van der Waals surface area contributed by atoms with Crippen molar-refractivity contribution in [2.45, 2.75) is 38.4 Å². The van der Waals surface area contributed by atoms with E-state index in [0.717, 1.165) is 13.8 Å². The first-order valence-corrected chi connectivity index (χ1v) is 5.23. The van der Waals surface area contributed by atoms with Crippen molar-refractivity contribution in [2.24, 2.45) is 0 Å². The summed E-state index contributed by atoms with van der Waals surface area (Å²) >= 11 is 0. The maximum Gasteiger partial charge on any atom is 0.210 e. The third-order valence-corrected chi connectivity index (χ3v) is 2.32. The molecule has 0 aromatic rings. The van der Waals surface area contributed by atoms with Gasteiger partial charge in [-0.1, -0.05) is 0 Å². The molecular weight excluding hydrogens is 244 g/mol. The molecular formula is C11H16O7. The fraction of sp³-hybridized carbons (Fsp3) is 0.636. The number of carbonyl (C=O) groups is 4. The fourth-order valence-electron chi connectivity index (χ4n) is 1.38. The predicted octanol–water partition coefficient (Wildman–Crippen LogP) is -1.83. The first-order chi connectivity index (χ1) is 8.16. The van der Waals surface area contributed by atoms with Gasteiger partial charge in [-0.15, -0.1) is 0 Å². The van der Waals surface area contributed by atoms with Crippen molar-refractivity contribution in [3.63, 3.8) is 0 Å². The van der Waals surface area contributed by atoms with Crippen LogP contribution in [0, 0.1) is 0 Å². The van der Waals surface area contributed by atoms with Crippen molar-refractivity contribution in [3.05, 3.63) is 0 Å². The Balaban J connectivity index is 5.29. The number of hydrogen-bond donors (Lipinski definition) is 3. The summed E-state index contributed by atoms with van der Waals surface area (Å²) in [6, 6.07) is 0. The topological polar surface area (TPSA) is 129 Å². The van der Waals surface area contributed by atoms with Gasteiger partial charge in [0.2, 0.25) is 5.60 Å². The minimum absolute atomic E-state index is 0.612. The van der Waals surface area contributed by atoms with E-state index in [0.29, 0.717) is 0 Å². The van der Waals surface area contributed by atoms with Crippen LogP contribution in [0.4, 0.5) is 0 Å². The molecule has 0 aliphatic rings. The quantitative estimate of drug-likeness (QED) is 0.437. The zero-order valence-electron chi connectivity index (χ0n) is 10.2. The largest absolute Gasteiger partial charge is 0.394 e. The number of rotatable bonds is 8. The zero-order valence-corrected chi connectivity index (χ0v) is 10.2. The first kappa shape index (κ1) is 16.6. The highest BCUT2D eigenvalue weighted by Crippen LogP contribution is 2.18. The standard InChI is InChI=1S/C11H16O7/c1-6(13)3-8(15)11(18,10(17)5-12)9(16)4-7(2)14/h10,12,17-18H,3-5H2,1-2H3. The van der Waals surface area contributed by atoms with Crippen LogP contribution in [0.5, 0.6) is 0 Å². The lowest BCUT2D eigenvalue weighted by molar-refractivity contribution is -0.166. The number of aliphatic hydroxyl groups excluding tert-OH is 2. The van der Waals surface area contributed by atoms with Crippen molar-refractivity contribution in [3.8, 4) is 0 Å². The van der Waals surface area contributed by atoms with E-state index in [4.69, 9.17) is 5.11 Å². The Hall–Kier alpha value is -1.44. The van der Waals surface area contributed by atoms with Gasteiger partial charge in [-0.05, 0) is 13.8 Å². The van der Waals surface area contributed by atoms with E-state index in [-0.39, 0.29) is 0 Å². The summed E-state index contributed by atoms with van der Waals surface area (Å²) in [4.78, 5) is 44.9. The van der Waals surface area contributed by atoms with Gasteiger partial charge in [-0.25, -0.2) is 0 Å². The monoisotopic (exact) mass is 260 g/mol. The lowest BCUT2D eigenvalue weighted by atomic mass is 9.83. The Labute approximate surface area is 103 Å². The van der Waals surface area contributed by atoms with E-state index in [1.165, 1.54) is 0 Å². The van der Waals surface area contributed by atoms with Crippen LogP contribution in [0.3, 0.4) is 0 Å². The minimum Gasteiger partial charge on any atom is -0.394 e. The highest BCUT2D eigenvalue weighted by Gasteiger charge is 2.49. The van der Waals surface area contributed by atoms with Crippen LogP contribution in [0.15, 0.2) is 0 Å². The number of carbonyl (C=O) groups excluding carboxylic acids is 4. The van der Waals surface area contributed by atoms with E-state index in [9.17, 15) is 29.4 Å².